The van der Waals surface area contributed by atoms with Crippen LogP contribution in [0.3, 0.4) is 0 Å². The number of halogens is 1. The van der Waals surface area contributed by atoms with Gasteiger partial charge in [-0.25, -0.2) is 4.98 Å². The molecule has 0 atom stereocenters. The van der Waals surface area contributed by atoms with E-state index in [1.807, 2.05) is 18.2 Å². The number of benzene rings is 1. The van der Waals surface area contributed by atoms with E-state index in [-0.39, 0.29) is 10.9 Å². The van der Waals surface area contributed by atoms with Gasteiger partial charge in [-0.1, -0.05) is 41.9 Å². The number of hydrogen-bond acceptors (Lipinski definition) is 2. The molecule has 1 aromatic carbocycles. The zero-order valence-electron chi connectivity index (χ0n) is 8.65. The van der Waals surface area contributed by atoms with Gasteiger partial charge in [-0.15, -0.1) is 0 Å². The van der Waals surface area contributed by atoms with Gasteiger partial charge < -0.3 is 5.11 Å². The number of aromatic hydroxyl groups is 1. The van der Waals surface area contributed by atoms with Crippen LogP contribution in [0, 0.1) is 6.20 Å². The number of aromatic nitrogens is 1. The molecule has 0 spiro atoms. The molecule has 0 aliphatic rings. The molecule has 16 heavy (non-hydrogen) atoms. The van der Waals surface area contributed by atoms with Crippen molar-refractivity contribution in [3.05, 3.63) is 58.7 Å². The van der Waals surface area contributed by atoms with Gasteiger partial charge in [-0.05, 0) is 30.0 Å². The van der Waals surface area contributed by atoms with Crippen LogP contribution in [0.4, 0.5) is 0 Å². The molecule has 0 aliphatic heterocycles. The van der Waals surface area contributed by atoms with Gasteiger partial charge in [0.15, 0.2) is 0 Å². The van der Waals surface area contributed by atoms with E-state index in [4.69, 9.17) is 16.7 Å². The fourth-order valence-corrected chi connectivity index (χ4v) is 1.65. The summed E-state index contributed by atoms with van der Waals surface area (Å²) in [6, 6.07) is 11.9. The van der Waals surface area contributed by atoms with Gasteiger partial charge in [0.2, 0.25) is 5.88 Å². The minimum Gasteiger partial charge on any atom is -0.492 e. The Bertz CT molecular complexity index is 471. The molecule has 3 heteroatoms. The van der Waals surface area contributed by atoms with Crippen molar-refractivity contribution >= 4 is 11.6 Å². The van der Waals surface area contributed by atoms with Crippen LogP contribution in [0.5, 0.6) is 5.88 Å². The fraction of sp³-hybridized carbons (Fsp3) is 0.154. The average Bonchev–Trinajstić information content (AvgIpc) is 2.32. The summed E-state index contributed by atoms with van der Waals surface area (Å²) < 4.78 is 0. The summed E-state index contributed by atoms with van der Waals surface area (Å²) in [4.78, 5) is 3.69. The summed E-state index contributed by atoms with van der Waals surface area (Å²) in [7, 11) is 0. The van der Waals surface area contributed by atoms with Crippen LogP contribution >= 0.6 is 11.6 Å². The second-order valence-electron chi connectivity index (χ2n) is 3.55. The first-order valence-electron chi connectivity index (χ1n) is 5.05. The first-order chi connectivity index (χ1) is 7.75. The van der Waals surface area contributed by atoms with Crippen molar-refractivity contribution < 1.29 is 5.11 Å². The molecular formula is C13H11ClNO. The Labute approximate surface area is 99.5 Å². The smallest absolute Gasteiger partial charge is 0.230 e. The third-order valence-corrected chi connectivity index (χ3v) is 2.62. The molecule has 1 aromatic heterocycles. The molecule has 0 fully saturated rings. The Morgan fingerprint density at radius 2 is 1.94 bits per heavy atom. The van der Waals surface area contributed by atoms with Gasteiger partial charge in [0.25, 0.3) is 0 Å². The molecule has 2 aromatic rings. The molecule has 0 bridgehead atoms. The van der Waals surface area contributed by atoms with Gasteiger partial charge in [0, 0.05) is 0 Å². The average molecular weight is 233 g/mol. The first-order valence-corrected chi connectivity index (χ1v) is 5.43. The molecule has 0 unspecified atom stereocenters. The van der Waals surface area contributed by atoms with Crippen molar-refractivity contribution in [1.82, 2.24) is 4.98 Å². The molecular weight excluding hydrogens is 222 g/mol. The molecule has 0 aliphatic carbocycles. The second kappa shape index (κ2) is 4.99. The molecule has 0 amide bonds. The first kappa shape index (κ1) is 11.0. The Morgan fingerprint density at radius 3 is 2.62 bits per heavy atom. The number of pyridine rings is 1. The largest absolute Gasteiger partial charge is 0.492 e. The van der Waals surface area contributed by atoms with Gasteiger partial charge in [-0.2, -0.15) is 0 Å². The van der Waals surface area contributed by atoms with E-state index in [1.54, 1.807) is 6.07 Å². The normalized spacial score (nSPS) is 10.3. The monoisotopic (exact) mass is 232 g/mol. The van der Waals surface area contributed by atoms with Crippen LogP contribution in [0.25, 0.3) is 0 Å². The molecule has 0 saturated carbocycles. The van der Waals surface area contributed by atoms with E-state index in [0.717, 1.165) is 18.4 Å². The van der Waals surface area contributed by atoms with Crippen LogP contribution in [-0.4, -0.2) is 10.1 Å². The maximum Gasteiger partial charge on any atom is 0.230 e. The zero-order chi connectivity index (χ0) is 11.4. The standard InChI is InChI=1S/C13H11ClNO/c14-12-8-11(9-15-13(12)16)7-6-10-4-2-1-3-5-10/h1-5,8H,6-7H2,(H,15,16). The number of rotatable bonds is 3. The third kappa shape index (κ3) is 2.74. The molecule has 2 nitrogen and oxygen atoms in total. The summed E-state index contributed by atoms with van der Waals surface area (Å²) >= 11 is 5.76. The summed E-state index contributed by atoms with van der Waals surface area (Å²) in [6.07, 6.45) is 4.50. The second-order valence-corrected chi connectivity index (χ2v) is 3.96. The Balaban J connectivity index is 2.03. The van der Waals surface area contributed by atoms with E-state index in [0.29, 0.717) is 0 Å². The van der Waals surface area contributed by atoms with Crippen molar-refractivity contribution in [1.29, 1.82) is 0 Å². The van der Waals surface area contributed by atoms with E-state index in [2.05, 4.69) is 23.3 Å². The van der Waals surface area contributed by atoms with Gasteiger partial charge >= 0.3 is 0 Å². The molecule has 81 valence electrons. The van der Waals surface area contributed by atoms with Crippen molar-refractivity contribution in [3.8, 4) is 5.88 Å². The fourth-order valence-electron chi connectivity index (χ4n) is 1.48. The van der Waals surface area contributed by atoms with Crippen molar-refractivity contribution in [2.45, 2.75) is 12.8 Å². The maximum absolute atomic E-state index is 9.15. The van der Waals surface area contributed by atoms with Crippen molar-refractivity contribution in [3.63, 3.8) is 0 Å². The Hall–Kier alpha value is -1.54. The highest BCUT2D eigenvalue weighted by Crippen LogP contribution is 2.20. The number of aryl methyl sites for hydroxylation is 2. The highest BCUT2D eigenvalue weighted by Gasteiger charge is 2.02. The SMILES string of the molecule is Oc1n[c]c(CCc2ccccc2)cc1Cl. The van der Waals surface area contributed by atoms with Gasteiger partial charge in [0.05, 0.1) is 6.20 Å². The van der Waals surface area contributed by atoms with E-state index in [1.165, 1.54) is 5.56 Å². The van der Waals surface area contributed by atoms with E-state index >= 15 is 0 Å². The summed E-state index contributed by atoms with van der Waals surface area (Å²) in [5.41, 5.74) is 2.17. The van der Waals surface area contributed by atoms with Crippen LogP contribution in [-0.2, 0) is 12.8 Å². The lowest BCUT2D eigenvalue weighted by Gasteiger charge is -2.02. The predicted molar refractivity (Wildman–Crippen MR) is 63.6 cm³/mol. The van der Waals surface area contributed by atoms with Gasteiger partial charge in [0.1, 0.15) is 5.02 Å². The summed E-state index contributed by atoms with van der Waals surface area (Å²) in [5, 5.41) is 9.43. The van der Waals surface area contributed by atoms with E-state index < -0.39 is 0 Å². The lowest BCUT2D eigenvalue weighted by Crippen LogP contribution is -1.92. The van der Waals surface area contributed by atoms with Crippen molar-refractivity contribution in [2.24, 2.45) is 0 Å². The lowest BCUT2D eigenvalue weighted by molar-refractivity contribution is 0.453. The van der Waals surface area contributed by atoms with Crippen LogP contribution in [0.1, 0.15) is 11.1 Å². The third-order valence-electron chi connectivity index (χ3n) is 2.35. The molecule has 2 rings (SSSR count). The van der Waals surface area contributed by atoms with Crippen LogP contribution in [0.15, 0.2) is 36.4 Å². The molecule has 1 radical (unpaired) electrons. The molecule has 0 saturated heterocycles. The highest BCUT2D eigenvalue weighted by molar-refractivity contribution is 6.31. The zero-order valence-corrected chi connectivity index (χ0v) is 9.41. The topological polar surface area (TPSA) is 33.1 Å². The van der Waals surface area contributed by atoms with Crippen molar-refractivity contribution in [2.75, 3.05) is 0 Å². The summed E-state index contributed by atoms with van der Waals surface area (Å²) in [5.74, 6) is -0.162. The Morgan fingerprint density at radius 1 is 1.19 bits per heavy atom. The Kier molecular flexibility index (Phi) is 3.42. The van der Waals surface area contributed by atoms with E-state index in [9.17, 15) is 0 Å². The number of hydrogen-bond donors (Lipinski definition) is 1. The lowest BCUT2D eigenvalue weighted by atomic mass is 10.1. The quantitative estimate of drug-likeness (QED) is 0.883. The van der Waals surface area contributed by atoms with Gasteiger partial charge in [-0.3, -0.25) is 0 Å². The number of nitrogens with zero attached hydrogens (tertiary/aromatic N) is 1. The minimum absolute atomic E-state index is 0.162. The predicted octanol–water partition coefficient (Wildman–Crippen LogP) is 3.03. The van der Waals surface area contributed by atoms with Crippen LogP contribution in [0.2, 0.25) is 5.02 Å². The highest BCUT2D eigenvalue weighted by atomic mass is 35.5. The molecule has 1 heterocycles. The van der Waals surface area contributed by atoms with Crippen LogP contribution < -0.4 is 0 Å². The minimum atomic E-state index is -0.162. The molecule has 1 N–H and O–H groups in total. The maximum atomic E-state index is 9.15. The summed E-state index contributed by atoms with van der Waals surface area (Å²) in [6.45, 7) is 0.